The van der Waals surface area contributed by atoms with Crippen LogP contribution in [0.25, 0.3) is 10.9 Å². The summed E-state index contributed by atoms with van der Waals surface area (Å²) in [7, 11) is 0. The number of hydrogen-bond donors (Lipinski definition) is 0. The molecule has 2 aromatic rings. The van der Waals surface area contributed by atoms with Gasteiger partial charge in [0.05, 0.1) is 12.1 Å². The molecule has 1 aliphatic heterocycles. The molecule has 1 aliphatic rings. The SMILES string of the molecule is Cc1cc(CSC2CCOC2=O)c2ccccc2n1. The van der Waals surface area contributed by atoms with Crippen molar-refractivity contribution in [3.05, 3.63) is 41.6 Å². The van der Waals surface area contributed by atoms with Crippen molar-refractivity contribution in [2.24, 2.45) is 0 Å². The maximum absolute atomic E-state index is 11.5. The molecule has 0 saturated carbocycles. The fourth-order valence-electron chi connectivity index (χ4n) is 2.33. The molecule has 1 atom stereocenters. The summed E-state index contributed by atoms with van der Waals surface area (Å²) < 4.78 is 4.99. The van der Waals surface area contributed by atoms with Gasteiger partial charge in [0.2, 0.25) is 0 Å². The number of rotatable bonds is 3. The van der Waals surface area contributed by atoms with E-state index in [0.29, 0.717) is 6.61 Å². The van der Waals surface area contributed by atoms with E-state index in [-0.39, 0.29) is 11.2 Å². The third-order valence-electron chi connectivity index (χ3n) is 3.26. The van der Waals surface area contributed by atoms with Crippen molar-refractivity contribution in [1.29, 1.82) is 0 Å². The number of nitrogens with zero attached hydrogens (tertiary/aromatic N) is 1. The highest BCUT2D eigenvalue weighted by Gasteiger charge is 2.26. The highest BCUT2D eigenvalue weighted by atomic mass is 32.2. The van der Waals surface area contributed by atoms with Crippen LogP contribution in [-0.2, 0) is 15.3 Å². The summed E-state index contributed by atoms with van der Waals surface area (Å²) in [5.41, 5.74) is 3.28. The average Bonchev–Trinajstić information content (AvgIpc) is 2.81. The lowest BCUT2D eigenvalue weighted by Crippen LogP contribution is -2.09. The van der Waals surface area contributed by atoms with Gasteiger partial charge in [0, 0.05) is 23.3 Å². The Morgan fingerprint density at radius 1 is 1.42 bits per heavy atom. The third kappa shape index (κ3) is 2.59. The summed E-state index contributed by atoms with van der Waals surface area (Å²) in [5.74, 6) is 0.754. The van der Waals surface area contributed by atoms with Crippen LogP contribution in [0.3, 0.4) is 0 Å². The van der Waals surface area contributed by atoms with Crippen molar-refractivity contribution < 1.29 is 9.53 Å². The molecule has 1 fully saturated rings. The highest BCUT2D eigenvalue weighted by Crippen LogP contribution is 2.28. The maximum atomic E-state index is 11.5. The first-order chi connectivity index (χ1) is 9.24. The van der Waals surface area contributed by atoms with Gasteiger partial charge in [-0.1, -0.05) is 18.2 Å². The number of thioether (sulfide) groups is 1. The second-order valence-electron chi connectivity index (χ2n) is 4.70. The van der Waals surface area contributed by atoms with Gasteiger partial charge >= 0.3 is 5.97 Å². The molecule has 0 radical (unpaired) electrons. The van der Waals surface area contributed by atoms with Crippen molar-refractivity contribution in [2.45, 2.75) is 24.3 Å². The molecule has 1 aromatic heterocycles. The summed E-state index contributed by atoms with van der Waals surface area (Å²) in [6.45, 7) is 2.57. The lowest BCUT2D eigenvalue weighted by molar-refractivity contribution is -0.137. The van der Waals surface area contributed by atoms with Gasteiger partial charge in [0.1, 0.15) is 5.25 Å². The first-order valence-corrected chi connectivity index (χ1v) is 7.42. The molecule has 0 amide bonds. The van der Waals surface area contributed by atoms with Crippen LogP contribution < -0.4 is 0 Å². The van der Waals surface area contributed by atoms with Crippen LogP contribution in [0.4, 0.5) is 0 Å². The van der Waals surface area contributed by atoms with Gasteiger partial charge in [-0.3, -0.25) is 9.78 Å². The van der Waals surface area contributed by atoms with Crippen molar-refractivity contribution >= 4 is 28.6 Å². The fourth-order valence-corrected chi connectivity index (χ4v) is 3.42. The molecule has 3 nitrogen and oxygen atoms in total. The standard InChI is InChI=1S/C15H15NO2S/c1-10-8-11(9-19-14-6-7-18-15(14)17)12-4-2-3-5-13(12)16-10/h2-5,8,14H,6-7,9H2,1H3. The Bertz CT molecular complexity index is 627. The van der Waals surface area contributed by atoms with Gasteiger partial charge in [0.25, 0.3) is 0 Å². The predicted octanol–water partition coefficient (Wildman–Crippen LogP) is 3.09. The minimum absolute atomic E-state index is 0.00719. The summed E-state index contributed by atoms with van der Waals surface area (Å²) in [5, 5.41) is 1.17. The molecule has 1 aromatic carbocycles. The summed E-state index contributed by atoms with van der Waals surface area (Å²) >= 11 is 1.67. The maximum Gasteiger partial charge on any atom is 0.319 e. The summed E-state index contributed by atoms with van der Waals surface area (Å²) in [6, 6.07) is 10.2. The Kier molecular flexibility index (Phi) is 3.42. The van der Waals surface area contributed by atoms with Crippen molar-refractivity contribution in [2.75, 3.05) is 6.61 Å². The van der Waals surface area contributed by atoms with Crippen LogP contribution in [0.15, 0.2) is 30.3 Å². The van der Waals surface area contributed by atoms with Gasteiger partial charge < -0.3 is 4.74 Å². The zero-order valence-electron chi connectivity index (χ0n) is 10.8. The van der Waals surface area contributed by atoms with Crippen LogP contribution in [0.5, 0.6) is 0 Å². The van der Waals surface area contributed by atoms with E-state index in [1.807, 2.05) is 25.1 Å². The Morgan fingerprint density at radius 3 is 3.05 bits per heavy atom. The predicted molar refractivity (Wildman–Crippen MR) is 77.1 cm³/mol. The number of cyclic esters (lactones) is 1. The smallest absolute Gasteiger partial charge is 0.319 e. The van der Waals surface area contributed by atoms with E-state index in [9.17, 15) is 4.79 Å². The first kappa shape index (κ1) is 12.5. The zero-order chi connectivity index (χ0) is 13.2. The molecule has 3 rings (SSSR count). The molecule has 2 heterocycles. The van der Waals surface area contributed by atoms with Crippen LogP contribution in [-0.4, -0.2) is 22.8 Å². The van der Waals surface area contributed by atoms with E-state index in [0.717, 1.165) is 23.4 Å². The summed E-state index contributed by atoms with van der Waals surface area (Å²) in [6.07, 6.45) is 0.825. The van der Waals surface area contributed by atoms with Gasteiger partial charge in [-0.05, 0) is 24.6 Å². The first-order valence-electron chi connectivity index (χ1n) is 6.37. The number of ether oxygens (including phenoxy) is 1. The molecular weight excluding hydrogens is 258 g/mol. The number of aromatic nitrogens is 1. The highest BCUT2D eigenvalue weighted by molar-refractivity contribution is 7.99. The Hall–Kier alpha value is -1.55. The van der Waals surface area contributed by atoms with Gasteiger partial charge in [-0.25, -0.2) is 0 Å². The largest absolute Gasteiger partial charge is 0.465 e. The zero-order valence-corrected chi connectivity index (χ0v) is 11.6. The van der Waals surface area contributed by atoms with E-state index < -0.39 is 0 Å². The van der Waals surface area contributed by atoms with E-state index in [4.69, 9.17) is 4.74 Å². The van der Waals surface area contributed by atoms with Crippen molar-refractivity contribution in [3.8, 4) is 0 Å². The molecular formula is C15H15NO2S. The lowest BCUT2D eigenvalue weighted by atomic mass is 10.1. The number of carbonyl (C=O) groups is 1. The minimum atomic E-state index is -0.0694. The minimum Gasteiger partial charge on any atom is -0.465 e. The quantitative estimate of drug-likeness (QED) is 0.806. The van der Waals surface area contributed by atoms with Crippen molar-refractivity contribution in [1.82, 2.24) is 4.98 Å². The topological polar surface area (TPSA) is 39.2 Å². The molecule has 0 aliphatic carbocycles. The van der Waals surface area contributed by atoms with E-state index >= 15 is 0 Å². The number of carbonyl (C=O) groups excluding carboxylic acids is 1. The van der Waals surface area contributed by atoms with Crippen LogP contribution in [0.2, 0.25) is 0 Å². The number of pyridine rings is 1. The van der Waals surface area contributed by atoms with E-state index in [2.05, 4.69) is 17.1 Å². The number of aryl methyl sites for hydroxylation is 1. The van der Waals surface area contributed by atoms with Crippen LogP contribution in [0, 0.1) is 6.92 Å². The molecule has 1 saturated heterocycles. The normalized spacial score (nSPS) is 18.8. The van der Waals surface area contributed by atoms with Crippen molar-refractivity contribution in [3.63, 3.8) is 0 Å². The van der Waals surface area contributed by atoms with Gasteiger partial charge in [0.15, 0.2) is 0 Å². The number of hydrogen-bond acceptors (Lipinski definition) is 4. The summed E-state index contributed by atoms with van der Waals surface area (Å²) in [4.78, 5) is 16.0. The second kappa shape index (κ2) is 5.21. The lowest BCUT2D eigenvalue weighted by Gasteiger charge is -2.09. The Balaban J connectivity index is 1.85. The van der Waals surface area contributed by atoms with Gasteiger partial charge in [-0.15, -0.1) is 11.8 Å². The molecule has 19 heavy (non-hydrogen) atoms. The average molecular weight is 273 g/mol. The molecule has 0 bridgehead atoms. The van der Waals surface area contributed by atoms with E-state index in [1.54, 1.807) is 11.8 Å². The Labute approximate surface area is 116 Å². The number of para-hydroxylation sites is 1. The van der Waals surface area contributed by atoms with Crippen LogP contribution >= 0.6 is 11.8 Å². The molecule has 0 N–H and O–H groups in total. The second-order valence-corrected chi connectivity index (χ2v) is 5.89. The Morgan fingerprint density at radius 2 is 2.26 bits per heavy atom. The number of benzene rings is 1. The third-order valence-corrected chi connectivity index (χ3v) is 4.57. The number of esters is 1. The molecule has 1 unspecified atom stereocenters. The van der Waals surface area contributed by atoms with Crippen LogP contribution in [0.1, 0.15) is 17.7 Å². The molecule has 98 valence electrons. The molecule has 0 spiro atoms. The fraction of sp³-hybridized carbons (Fsp3) is 0.333. The number of fused-ring (bicyclic) bond motifs is 1. The molecule has 4 heteroatoms. The van der Waals surface area contributed by atoms with Gasteiger partial charge in [-0.2, -0.15) is 0 Å². The van der Waals surface area contributed by atoms with E-state index in [1.165, 1.54) is 10.9 Å². The monoisotopic (exact) mass is 273 g/mol.